The Kier molecular flexibility index (Phi) is 2.72. The number of nitrogen functional groups attached to an aromatic ring is 1. The summed E-state index contributed by atoms with van der Waals surface area (Å²) in [4.78, 5) is 0. The molecular weight excluding hydrogens is 186 g/mol. The molecule has 2 aromatic rings. The molecule has 2 rings (SSSR count). The quantitative estimate of drug-likeness (QED) is 0.829. The number of aromatic nitrogens is 2. The van der Waals surface area contributed by atoms with E-state index in [0.29, 0.717) is 5.82 Å². The van der Waals surface area contributed by atoms with Gasteiger partial charge in [0, 0.05) is 12.6 Å². The summed E-state index contributed by atoms with van der Waals surface area (Å²) in [7, 11) is 0. The van der Waals surface area contributed by atoms with Gasteiger partial charge in [-0.15, -0.1) is 0 Å². The second kappa shape index (κ2) is 4.17. The van der Waals surface area contributed by atoms with Crippen LogP contribution in [0.25, 0.3) is 11.3 Å². The molecule has 0 aliphatic carbocycles. The average molecular weight is 201 g/mol. The lowest BCUT2D eigenvalue weighted by atomic mass is 10.1. The minimum atomic E-state index is 0.585. The van der Waals surface area contributed by atoms with E-state index in [9.17, 15) is 0 Å². The molecular formula is C12H15N3. The van der Waals surface area contributed by atoms with Gasteiger partial charge < -0.3 is 5.73 Å². The number of nitrogens with two attached hydrogens (primary N) is 1. The lowest BCUT2D eigenvalue weighted by molar-refractivity contribution is 0.611. The van der Waals surface area contributed by atoms with Gasteiger partial charge in [-0.05, 0) is 12.0 Å². The first-order valence-corrected chi connectivity index (χ1v) is 5.20. The molecule has 3 heteroatoms. The SMILES string of the molecule is CCCn1nc(N)cc1-c1ccccc1. The van der Waals surface area contributed by atoms with Crippen LogP contribution in [0.15, 0.2) is 36.4 Å². The minimum Gasteiger partial charge on any atom is -0.382 e. The summed E-state index contributed by atoms with van der Waals surface area (Å²) in [5.41, 5.74) is 7.97. The third-order valence-electron chi connectivity index (χ3n) is 2.30. The normalized spacial score (nSPS) is 10.5. The maximum atomic E-state index is 5.72. The Morgan fingerprint density at radius 1 is 1.27 bits per heavy atom. The van der Waals surface area contributed by atoms with Gasteiger partial charge in [0.2, 0.25) is 0 Å². The molecule has 1 aromatic heterocycles. The van der Waals surface area contributed by atoms with Gasteiger partial charge in [0.15, 0.2) is 0 Å². The second-order valence-electron chi connectivity index (χ2n) is 3.54. The average Bonchev–Trinajstić information content (AvgIpc) is 2.62. The number of anilines is 1. The lowest BCUT2D eigenvalue weighted by Gasteiger charge is -2.05. The molecule has 1 heterocycles. The summed E-state index contributed by atoms with van der Waals surface area (Å²) in [6, 6.07) is 12.1. The summed E-state index contributed by atoms with van der Waals surface area (Å²) in [6.07, 6.45) is 1.06. The number of aryl methyl sites for hydroxylation is 1. The molecule has 0 spiro atoms. The van der Waals surface area contributed by atoms with Gasteiger partial charge in [0.25, 0.3) is 0 Å². The zero-order chi connectivity index (χ0) is 10.7. The van der Waals surface area contributed by atoms with Crippen molar-refractivity contribution in [1.82, 2.24) is 9.78 Å². The highest BCUT2D eigenvalue weighted by Crippen LogP contribution is 2.21. The Bertz CT molecular complexity index is 431. The van der Waals surface area contributed by atoms with Crippen LogP contribution in [0, 0.1) is 0 Å². The molecule has 0 aliphatic rings. The lowest BCUT2D eigenvalue weighted by Crippen LogP contribution is -2.01. The summed E-state index contributed by atoms with van der Waals surface area (Å²) in [6.45, 7) is 3.04. The Morgan fingerprint density at radius 2 is 2.00 bits per heavy atom. The number of hydrogen-bond donors (Lipinski definition) is 1. The highest BCUT2D eigenvalue weighted by molar-refractivity contribution is 5.62. The van der Waals surface area contributed by atoms with Gasteiger partial charge >= 0.3 is 0 Å². The fraction of sp³-hybridized carbons (Fsp3) is 0.250. The minimum absolute atomic E-state index is 0.585. The third kappa shape index (κ3) is 2.01. The van der Waals surface area contributed by atoms with Crippen LogP contribution in [0.1, 0.15) is 13.3 Å². The van der Waals surface area contributed by atoms with Crippen LogP contribution < -0.4 is 5.73 Å². The Balaban J connectivity index is 2.43. The van der Waals surface area contributed by atoms with E-state index in [1.165, 1.54) is 0 Å². The summed E-state index contributed by atoms with van der Waals surface area (Å²) >= 11 is 0. The number of nitrogens with zero attached hydrogens (tertiary/aromatic N) is 2. The molecule has 1 aromatic carbocycles. The first kappa shape index (κ1) is 9.77. The van der Waals surface area contributed by atoms with Crippen molar-refractivity contribution < 1.29 is 0 Å². The molecule has 0 radical (unpaired) electrons. The zero-order valence-corrected chi connectivity index (χ0v) is 8.85. The smallest absolute Gasteiger partial charge is 0.146 e. The molecule has 2 N–H and O–H groups in total. The molecule has 0 saturated heterocycles. The molecule has 0 saturated carbocycles. The molecule has 0 amide bonds. The summed E-state index contributed by atoms with van der Waals surface area (Å²) in [5, 5.41) is 4.27. The van der Waals surface area contributed by atoms with E-state index < -0.39 is 0 Å². The Hall–Kier alpha value is -1.77. The zero-order valence-electron chi connectivity index (χ0n) is 8.85. The maximum Gasteiger partial charge on any atom is 0.146 e. The van der Waals surface area contributed by atoms with Gasteiger partial charge in [0.05, 0.1) is 5.69 Å². The molecule has 0 atom stereocenters. The van der Waals surface area contributed by atoms with E-state index >= 15 is 0 Å². The molecule has 0 unspecified atom stereocenters. The van der Waals surface area contributed by atoms with Crippen molar-refractivity contribution in [3.05, 3.63) is 36.4 Å². The molecule has 15 heavy (non-hydrogen) atoms. The van der Waals surface area contributed by atoms with Crippen molar-refractivity contribution in [3.8, 4) is 11.3 Å². The molecule has 0 bridgehead atoms. The first-order chi connectivity index (χ1) is 7.31. The summed E-state index contributed by atoms with van der Waals surface area (Å²) in [5.74, 6) is 0.585. The molecule has 3 nitrogen and oxygen atoms in total. The van der Waals surface area contributed by atoms with Crippen molar-refractivity contribution in [3.63, 3.8) is 0 Å². The van der Waals surface area contributed by atoms with Crippen molar-refractivity contribution in [2.24, 2.45) is 0 Å². The highest BCUT2D eigenvalue weighted by atomic mass is 15.3. The Labute approximate surface area is 89.5 Å². The van der Waals surface area contributed by atoms with E-state index in [1.54, 1.807) is 0 Å². The largest absolute Gasteiger partial charge is 0.382 e. The van der Waals surface area contributed by atoms with Gasteiger partial charge in [-0.25, -0.2) is 0 Å². The van der Waals surface area contributed by atoms with Crippen molar-refractivity contribution >= 4 is 5.82 Å². The van der Waals surface area contributed by atoms with E-state index in [1.807, 2.05) is 28.9 Å². The monoisotopic (exact) mass is 201 g/mol. The predicted molar refractivity (Wildman–Crippen MR) is 62.4 cm³/mol. The molecule has 0 aliphatic heterocycles. The van der Waals surface area contributed by atoms with Gasteiger partial charge in [0.1, 0.15) is 5.82 Å². The van der Waals surface area contributed by atoms with Crippen LogP contribution >= 0.6 is 0 Å². The highest BCUT2D eigenvalue weighted by Gasteiger charge is 2.06. The number of hydrogen-bond acceptors (Lipinski definition) is 2. The van der Waals surface area contributed by atoms with Crippen molar-refractivity contribution in [1.29, 1.82) is 0 Å². The van der Waals surface area contributed by atoms with Crippen LogP contribution in [0.2, 0.25) is 0 Å². The van der Waals surface area contributed by atoms with Crippen LogP contribution in [-0.4, -0.2) is 9.78 Å². The van der Waals surface area contributed by atoms with Gasteiger partial charge in [-0.1, -0.05) is 37.3 Å². The van der Waals surface area contributed by atoms with E-state index in [0.717, 1.165) is 24.2 Å². The second-order valence-corrected chi connectivity index (χ2v) is 3.54. The van der Waals surface area contributed by atoms with Crippen LogP contribution in [0.5, 0.6) is 0 Å². The third-order valence-corrected chi connectivity index (χ3v) is 2.30. The first-order valence-electron chi connectivity index (χ1n) is 5.20. The topological polar surface area (TPSA) is 43.8 Å². The van der Waals surface area contributed by atoms with Crippen LogP contribution in [-0.2, 0) is 6.54 Å². The van der Waals surface area contributed by atoms with E-state index in [-0.39, 0.29) is 0 Å². The van der Waals surface area contributed by atoms with Crippen molar-refractivity contribution in [2.45, 2.75) is 19.9 Å². The number of rotatable bonds is 3. The van der Waals surface area contributed by atoms with Crippen LogP contribution in [0.4, 0.5) is 5.82 Å². The summed E-state index contributed by atoms with van der Waals surface area (Å²) < 4.78 is 1.96. The van der Waals surface area contributed by atoms with Crippen LogP contribution in [0.3, 0.4) is 0 Å². The fourth-order valence-corrected chi connectivity index (χ4v) is 1.66. The fourth-order valence-electron chi connectivity index (χ4n) is 1.66. The maximum absolute atomic E-state index is 5.72. The Morgan fingerprint density at radius 3 is 2.67 bits per heavy atom. The van der Waals surface area contributed by atoms with Crippen molar-refractivity contribution in [2.75, 3.05) is 5.73 Å². The molecule has 0 fully saturated rings. The van der Waals surface area contributed by atoms with E-state index in [2.05, 4.69) is 24.2 Å². The van der Waals surface area contributed by atoms with Gasteiger partial charge in [-0.2, -0.15) is 5.10 Å². The number of benzene rings is 1. The van der Waals surface area contributed by atoms with E-state index in [4.69, 9.17) is 5.73 Å². The predicted octanol–water partition coefficient (Wildman–Crippen LogP) is 2.54. The van der Waals surface area contributed by atoms with Gasteiger partial charge in [-0.3, -0.25) is 4.68 Å². The standard InChI is InChI=1S/C12H15N3/c1-2-8-15-11(9-12(13)14-15)10-6-4-3-5-7-10/h3-7,9H,2,8H2,1H3,(H2,13,14). The molecule has 78 valence electrons.